The number of aliphatic hydroxyl groups is 1. The second kappa shape index (κ2) is 6.13. The molecule has 1 aliphatic rings. The molecule has 0 spiro atoms. The minimum atomic E-state index is -0.710. The number of hydrogen-bond donors (Lipinski definition) is 2. The van der Waals surface area contributed by atoms with E-state index in [1.165, 1.54) is 0 Å². The van der Waals surface area contributed by atoms with Gasteiger partial charge < -0.3 is 15.6 Å². The highest BCUT2D eigenvalue weighted by atomic mass is 16.5. The monoisotopic (exact) mass is 251 g/mol. The summed E-state index contributed by atoms with van der Waals surface area (Å²) < 4.78 is 5.65. The van der Waals surface area contributed by atoms with E-state index in [0.29, 0.717) is 17.9 Å². The van der Waals surface area contributed by atoms with Crippen LogP contribution in [0.3, 0.4) is 0 Å². The molecule has 0 amide bonds. The Labute approximate surface area is 108 Å². The number of hydrogen-bond acceptors (Lipinski definition) is 5. The lowest BCUT2D eigenvalue weighted by atomic mass is 10.0. The Kier molecular flexibility index (Phi) is 4.52. The summed E-state index contributed by atoms with van der Waals surface area (Å²) in [5.74, 6) is 0. The first-order valence-electron chi connectivity index (χ1n) is 6.43. The second-order valence-corrected chi connectivity index (χ2v) is 4.66. The molecule has 0 radical (unpaired) electrons. The van der Waals surface area contributed by atoms with Gasteiger partial charge >= 0.3 is 0 Å². The average molecular weight is 251 g/mol. The third kappa shape index (κ3) is 2.98. The maximum Gasteiger partial charge on any atom is 0.110 e. The van der Waals surface area contributed by atoms with Gasteiger partial charge in [0.25, 0.3) is 0 Å². The maximum absolute atomic E-state index is 10.3. The van der Waals surface area contributed by atoms with Crippen molar-refractivity contribution in [3.05, 3.63) is 24.0 Å². The van der Waals surface area contributed by atoms with Crippen LogP contribution in [0.2, 0.25) is 0 Å². The lowest BCUT2D eigenvalue weighted by Gasteiger charge is -2.35. The summed E-state index contributed by atoms with van der Waals surface area (Å²) in [4.78, 5) is 6.32. The van der Waals surface area contributed by atoms with E-state index in [-0.39, 0.29) is 6.10 Å². The van der Waals surface area contributed by atoms with Crippen molar-refractivity contribution in [3.8, 4) is 0 Å². The van der Waals surface area contributed by atoms with E-state index in [0.717, 1.165) is 26.1 Å². The molecule has 5 nitrogen and oxygen atoms in total. The van der Waals surface area contributed by atoms with E-state index >= 15 is 0 Å². The van der Waals surface area contributed by atoms with Crippen LogP contribution in [-0.4, -0.2) is 47.3 Å². The number of morpholine rings is 1. The van der Waals surface area contributed by atoms with Crippen LogP contribution in [0.1, 0.15) is 25.0 Å². The lowest BCUT2D eigenvalue weighted by Crippen LogP contribution is -2.45. The first-order valence-corrected chi connectivity index (χ1v) is 6.43. The van der Waals surface area contributed by atoms with Crippen molar-refractivity contribution >= 4 is 5.69 Å². The Hall–Kier alpha value is -1.17. The molecular formula is C13H21N3O2. The molecule has 0 saturated carbocycles. The molecule has 18 heavy (non-hydrogen) atoms. The molecule has 1 saturated heterocycles. The van der Waals surface area contributed by atoms with Crippen LogP contribution in [-0.2, 0) is 4.74 Å². The number of rotatable bonds is 4. The Balaban J connectivity index is 2.04. The summed E-state index contributed by atoms with van der Waals surface area (Å²) in [6.45, 7) is 5.51. The molecule has 1 aromatic rings. The minimum absolute atomic E-state index is 0.225. The normalized spacial score (nSPS) is 22.9. The summed E-state index contributed by atoms with van der Waals surface area (Å²) in [7, 11) is 0. The van der Waals surface area contributed by atoms with Crippen molar-refractivity contribution in [2.75, 3.05) is 32.0 Å². The van der Waals surface area contributed by atoms with Crippen LogP contribution in [0.4, 0.5) is 5.69 Å². The van der Waals surface area contributed by atoms with Crippen molar-refractivity contribution in [1.29, 1.82) is 0 Å². The van der Waals surface area contributed by atoms with Gasteiger partial charge in [-0.3, -0.25) is 9.88 Å². The fourth-order valence-corrected chi connectivity index (χ4v) is 2.31. The second-order valence-electron chi connectivity index (χ2n) is 4.66. The quantitative estimate of drug-likeness (QED) is 0.828. The summed E-state index contributed by atoms with van der Waals surface area (Å²) in [6.07, 6.45) is 3.41. The first kappa shape index (κ1) is 13.3. The molecule has 0 aromatic carbocycles. The molecule has 1 fully saturated rings. The average Bonchev–Trinajstić information content (AvgIpc) is 2.39. The maximum atomic E-state index is 10.3. The molecule has 3 N–H and O–H groups in total. The van der Waals surface area contributed by atoms with Gasteiger partial charge in [-0.1, -0.05) is 6.92 Å². The van der Waals surface area contributed by atoms with E-state index in [4.69, 9.17) is 10.5 Å². The molecule has 5 heteroatoms. The SMILES string of the molecule is CCCN1CCOC(C(O)c2cnccc2N)C1. The van der Waals surface area contributed by atoms with Gasteiger partial charge in [0.15, 0.2) is 0 Å². The first-order chi connectivity index (χ1) is 8.72. The molecule has 2 rings (SSSR count). The molecule has 2 atom stereocenters. The van der Waals surface area contributed by atoms with Gasteiger partial charge in [-0.15, -0.1) is 0 Å². The number of nitrogen functional groups attached to an aromatic ring is 1. The lowest BCUT2D eigenvalue weighted by molar-refractivity contribution is -0.0897. The van der Waals surface area contributed by atoms with Gasteiger partial charge in [0.2, 0.25) is 0 Å². The van der Waals surface area contributed by atoms with E-state index in [1.54, 1.807) is 18.5 Å². The van der Waals surface area contributed by atoms with Gasteiger partial charge in [-0.2, -0.15) is 0 Å². The highest BCUT2D eigenvalue weighted by molar-refractivity contribution is 5.46. The van der Waals surface area contributed by atoms with Gasteiger partial charge in [-0.25, -0.2) is 0 Å². The van der Waals surface area contributed by atoms with Crippen molar-refractivity contribution < 1.29 is 9.84 Å². The Morgan fingerprint density at radius 3 is 3.22 bits per heavy atom. The van der Waals surface area contributed by atoms with E-state index in [1.807, 2.05) is 0 Å². The smallest absolute Gasteiger partial charge is 0.110 e. The highest BCUT2D eigenvalue weighted by Crippen LogP contribution is 2.25. The zero-order valence-electron chi connectivity index (χ0n) is 10.7. The molecule has 1 aromatic heterocycles. The van der Waals surface area contributed by atoms with Gasteiger partial charge in [0.05, 0.1) is 6.61 Å². The third-order valence-electron chi connectivity index (χ3n) is 3.28. The van der Waals surface area contributed by atoms with Crippen LogP contribution in [0.5, 0.6) is 0 Å². The Bertz CT molecular complexity index is 384. The fourth-order valence-electron chi connectivity index (χ4n) is 2.31. The summed E-state index contributed by atoms with van der Waals surface area (Å²) in [6, 6.07) is 1.70. The molecule has 1 aliphatic heterocycles. The number of aliphatic hydroxyl groups excluding tert-OH is 1. The van der Waals surface area contributed by atoms with E-state index < -0.39 is 6.10 Å². The number of anilines is 1. The van der Waals surface area contributed by atoms with Crippen molar-refractivity contribution in [1.82, 2.24) is 9.88 Å². The fraction of sp³-hybridized carbons (Fsp3) is 0.615. The summed E-state index contributed by atoms with van der Waals surface area (Å²) in [5, 5.41) is 10.3. The zero-order valence-corrected chi connectivity index (χ0v) is 10.7. The van der Waals surface area contributed by atoms with Crippen molar-refractivity contribution in [2.45, 2.75) is 25.6 Å². The molecule has 2 heterocycles. The van der Waals surface area contributed by atoms with Gasteiger partial charge in [-0.05, 0) is 19.0 Å². The minimum Gasteiger partial charge on any atom is -0.398 e. The number of nitrogens with zero attached hydrogens (tertiary/aromatic N) is 2. The largest absolute Gasteiger partial charge is 0.398 e. The highest BCUT2D eigenvalue weighted by Gasteiger charge is 2.28. The number of pyridine rings is 1. The number of nitrogens with two attached hydrogens (primary N) is 1. The molecule has 0 bridgehead atoms. The van der Waals surface area contributed by atoms with E-state index in [2.05, 4.69) is 16.8 Å². The molecular weight excluding hydrogens is 230 g/mol. The number of aromatic nitrogens is 1. The predicted molar refractivity (Wildman–Crippen MR) is 70.1 cm³/mol. The molecule has 100 valence electrons. The van der Waals surface area contributed by atoms with Crippen LogP contribution in [0.25, 0.3) is 0 Å². The summed E-state index contributed by atoms with van der Waals surface area (Å²) >= 11 is 0. The van der Waals surface area contributed by atoms with Gasteiger partial charge in [0.1, 0.15) is 12.2 Å². The number of ether oxygens (including phenoxy) is 1. The summed E-state index contributed by atoms with van der Waals surface area (Å²) in [5.41, 5.74) is 7.07. The van der Waals surface area contributed by atoms with E-state index in [9.17, 15) is 5.11 Å². The molecule has 2 unspecified atom stereocenters. The van der Waals surface area contributed by atoms with Crippen LogP contribution < -0.4 is 5.73 Å². The third-order valence-corrected chi connectivity index (χ3v) is 3.28. The molecule has 0 aliphatic carbocycles. The Morgan fingerprint density at radius 2 is 2.50 bits per heavy atom. The van der Waals surface area contributed by atoms with Crippen molar-refractivity contribution in [2.24, 2.45) is 0 Å². The van der Waals surface area contributed by atoms with Crippen molar-refractivity contribution in [3.63, 3.8) is 0 Å². The van der Waals surface area contributed by atoms with Crippen LogP contribution in [0.15, 0.2) is 18.5 Å². The predicted octanol–water partition coefficient (Wildman–Crippen LogP) is 0.808. The van der Waals surface area contributed by atoms with Crippen LogP contribution >= 0.6 is 0 Å². The van der Waals surface area contributed by atoms with Crippen LogP contribution in [0, 0.1) is 0 Å². The standard InChI is InChI=1S/C13H21N3O2/c1-2-5-16-6-7-18-12(9-16)13(17)10-8-15-4-3-11(10)14/h3-4,8,12-13,17H,2,5-7,9H2,1H3,(H2,14,15). The Morgan fingerprint density at radius 1 is 1.67 bits per heavy atom. The topological polar surface area (TPSA) is 71.6 Å². The van der Waals surface area contributed by atoms with Gasteiger partial charge in [0, 0.05) is 36.7 Å². The zero-order chi connectivity index (χ0) is 13.0.